The van der Waals surface area contributed by atoms with Crippen molar-refractivity contribution in [3.05, 3.63) is 18.0 Å². The molecule has 2 heterocycles. The summed E-state index contributed by atoms with van der Waals surface area (Å²) in [5.74, 6) is 0. The van der Waals surface area contributed by atoms with Crippen molar-refractivity contribution in [3.63, 3.8) is 0 Å². The highest BCUT2D eigenvalue weighted by molar-refractivity contribution is 9.09. The van der Waals surface area contributed by atoms with Gasteiger partial charge in [0, 0.05) is 24.1 Å². The van der Waals surface area contributed by atoms with Gasteiger partial charge in [-0.2, -0.15) is 5.10 Å². The molecular weight excluding hydrogens is 314 g/mol. The highest BCUT2D eigenvalue weighted by Gasteiger charge is 2.22. The van der Waals surface area contributed by atoms with Gasteiger partial charge in [-0.25, -0.2) is 0 Å². The van der Waals surface area contributed by atoms with Crippen molar-refractivity contribution in [2.24, 2.45) is 0 Å². The molecule has 3 nitrogen and oxygen atoms in total. The van der Waals surface area contributed by atoms with E-state index in [0.29, 0.717) is 12.1 Å². The molecule has 1 aromatic rings. The number of hydrogen-bond donors (Lipinski definition) is 0. The number of halogens is 1. The summed E-state index contributed by atoms with van der Waals surface area (Å²) in [5, 5.41) is 5.94. The Labute approximate surface area is 130 Å². The average molecular weight is 340 g/mol. The number of hydrogen-bond acceptors (Lipinski definition) is 2. The molecule has 2 fully saturated rings. The summed E-state index contributed by atoms with van der Waals surface area (Å²) < 4.78 is 2.23. The zero-order valence-corrected chi connectivity index (χ0v) is 13.9. The lowest BCUT2D eigenvalue weighted by molar-refractivity contribution is 0.206. The third-order valence-corrected chi connectivity index (χ3v) is 5.65. The van der Waals surface area contributed by atoms with Crippen LogP contribution >= 0.6 is 15.9 Å². The van der Waals surface area contributed by atoms with Gasteiger partial charge < -0.3 is 0 Å². The minimum absolute atomic E-state index is 0.667. The minimum Gasteiger partial charge on any atom is -0.294 e. The lowest BCUT2D eigenvalue weighted by Crippen LogP contribution is -2.35. The fourth-order valence-electron chi connectivity index (χ4n) is 3.66. The molecule has 0 bridgehead atoms. The van der Waals surface area contributed by atoms with Gasteiger partial charge in [0.2, 0.25) is 0 Å². The van der Waals surface area contributed by atoms with Crippen molar-refractivity contribution in [3.8, 4) is 0 Å². The van der Waals surface area contributed by atoms with Crippen LogP contribution in [0.15, 0.2) is 12.3 Å². The Kier molecular flexibility index (Phi) is 5.16. The molecule has 112 valence electrons. The Morgan fingerprint density at radius 1 is 1.10 bits per heavy atom. The number of rotatable bonds is 4. The largest absolute Gasteiger partial charge is 0.294 e. The molecule has 0 amide bonds. The summed E-state index contributed by atoms with van der Waals surface area (Å²) in [7, 11) is 0. The maximum atomic E-state index is 4.85. The standard InChI is InChI=1S/C16H26BrN3/c17-12-16-8-2-1-5-10-19(16)13-14-9-11-20(18-14)15-6-3-4-7-15/h9,11,15-16H,1-8,10,12-13H2. The molecule has 1 aromatic heterocycles. The smallest absolute Gasteiger partial charge is 0.0765 e. The second-order valence-electron chi connectivity index (χ2n) is 6.35. The number of aromatic nitrogens is 2. The number of alkyl halides is 1. The van der Waals surface area contributed by atoms with E-state index < -0.39 is 0 Å². The Morgan fingerprint density at radius 3 is 2.70 bits per heavy atom. The van der Waals surface area contributed by atoms with Crippen molar-refractivity contribution in [2.45, 2.75) is 70.0 Å². The summed E-state index contributed by atoms with van der Waals surface area (Å²) in [5.41, 5.74) is 1.25. The van der Waals surface area contributed by atoms with E-state index >= 15 is 0 Å². The normalized spacial score (nSPS) is 25.9. The molecule has 0 N–H and O–H groups in total. The van der Waals surface area contributed by atoms with Crippen LogP contribution in [0.1, 0.15) is 63.1 Å². The van der Waals surface area contributed by atoms with Crippen molar-refractivity contribution in [1.29, 1.82) is 0 Å². The molecule has 3 rings (SSSR count). The zero-order valence-electron chi connectivity index (χ0n) is 12.3. The number of likely N-dealkylation sites (tertiary alicyclic amines) is 1. The summed E-state index contributed by atoms with van der Waals surface area (Å²) in [4.78, 5) is 2.63. The molecule has 2 aliphatic rings. The van der Waals surface area contributed by atoms with Crippen molar-refractivity contribution < 1.29 is 0 Å². The minimum atomic E-state index is 0.667. The van der Waals surface area contributed by atoms with E-state index in [9.17, 15) is 0 Å². The zero-order chi connectivity index (χ0) is 13.8. The van der Waals surface area contributed by atoms with Gasteiger partial charge in [-0.1, -0.05) is 41.6 Å². The van der Waals surface area contributed by atoms with Gasteiger partial charge in [0.1, 0.15) is 0 Å². The molecule has 1 atom stereocenters. The Balaban J connectivity index is 1.63. The SMILES string of the molecule is BrCC1CCCCCN1Cc1ccn(C2CCCC2)n1. The van der Waals surface area contributed by atoms with Crippen LogP contribution in [-0.2, 0) is 6.54 Å². The fourth-order valence-corrected chi connectivity index (χ4v) is 4.39. The first-order valence-electron chi connectivity index (χ1n) is 8.21. The first-order valence-corrected chi connectivity index (χ1v) is 9.33. The molecule has 4 heteroatoms. The Morgan fingerprint density at radius 2 is 1.90 bits per heavy atom. The van der Waals surface area contributed by atoms with Crippen LogP contribution in [-0.4, -0.2) is 32.6 Å². The fraction of sp³-hybridized carbons (Fsp3) is 0.812. The molecule has 0 spiro atoms. The molecule has 1 aliphatic carbocycles. The molecule has 20 heavy (non-hydrogen) atoms. The van der Waals surface area contributed by atoms with Crippen LogP contribution in [0.25, 0.3) is 0 Å². The Bertz CT molecular complexity index is 412. The second kappa shape index (κ2) is 7.08. The maximum absolute atomic E-state index is 4.85. The highest BCUT2D eigenvalue weighted by Crippen LogP contribution is 2.29. The molecular formula is C16H26BrN3. The van der Waals surface area contributed by atoms with Gasteiger partial charge in [-0.3, -0.25) is 9.58 Å². The van der Waals surface area contributed by atoms with Crippen LogP contribution in [0.3, 0.4) is 0 Å². The van der Waals surface area contributed by atoms with E-state index in [0.717, 1.165) is 11.9 Å². The van der Waals surface area contributed by atoms with Crippen molar-refractivity contribution in [1.82, 2.24) is 14.7 Å². The topological polar surface area (TPSA) is 21.1 Å². The lowest BCUT2D eigenvalue weighted by Gasteiger charge is -2.27. The molecule has 0 aromatic carbocycles. The van der Waals surface area contributed by atoms with E-state index in [1.807, 2.05) is 0 Å². The summed E-state index contributed by atoms with van der Waals surface area (Å²) in [6.07, 6.45) is 13.0. The third kappa shape index (κ3) is 3.45. The number of nitrogens with zero attached hydrogens (tertiary/aromatic N) is 3. The quantitative estimate of drug-likeness (QED) is 0.768. The molecule has 1 aliphatic heterocycles. The predicted octanol–water partition coefficient (Wildman–Crippen LogP) is 4.14. The van der Waals surface area contributed by atoms with Gasteiger partial charge in [0.15, 0.2) is 0 Å². The van der Waals surface area contributed by atoms with E-state index in [-0.39, 0.29) is 0 Å². The lowest BCUT2D eigenvalue weighted by atomic mass is 10.1. The van der Waals surface area contributed by atoms with Gasteiger partial charge in [0.25, 0.3) is 0 Å². The van der Waals surface area contributed by atoms with Gasteiger partial charge >= 0.3 is 0 Å². The van der Waals surface area contributed by atoms with Crippen LogP contribution in [0, 0.1) is 0 Å². The molecule has 1 unspecified atom stereocenters. The molecule has 1 saturated carbocycles. The van der Waals surface area contributed by atoms with Gasteiger partial charge in [-0.05, 0) is 38.3 Å². The van der Waals surface area contributed by atoms with E-state index in [2.05, 4.69) is 37.8 Å². The highest BCUT2D eigenvalue weighted by atomic mass is 79.9. The van der Waals surface area contributed by atoms with Gasteiger partial charge in [0.05, 0.1) is 11.7 Å². The van der Waals surface area contributed by atoms with E-state index in [1.54, 1.807) is 0 Å². The van der Waals surface area contributed by atoms with Gasteiger partial charge in [-0.15, -0.1) is 0 Å². The summed E-state index contributed by atoms with van der Waals surface area (Å²) in [6, 6.07) is 3.59. The van der Waals surface area contributed by atoms with E-state index in [1.165, 1.54) is 63.6 Å². The summed E-state index contributed by atoms with van der Waals surface area (Å²) in [6.45, 7) is 2.25. The molecule has 0 radical (unpaired) electrons. The van der Waals surface area contributed by atoms with Crippen LogP contribution < -0.4 is 0 Å². The van der Waals surface area contributed by atoms with Crippen molar-refractivity contribution >= 4 is 15.9 Å². The van der Waals surface area contributed by atoms with Crippen LogP contribution in [0.5, 0.6) is 0 Å². The average Bonchev–Trinajstić information content (AvgIpc) is 3.08. The summed E-state index contributed by atoms with van der Waals surface area (Å²) >= 11 is 3.69. The Hall–Kier alpha value is -0.350. The third-order valence-electron chi connectivity index (χ3n) is 4.90. The molecule has 1 saturated heterocycles. The van der Waals surface area contributed by atoms with Crippen LogP contribution in [0.2, 0.25) is 0 Å². The van der Waals surface area contributed by atoms with Crippen LogP contribution in [0.4, 0.5) is 0 Å². The van der Waals surface area contributed by atoms with E-state index in [4.69, 9.17) is 5.10 Å². The van der Waals surface area contributed by atoms with Crippen molar-refractivity contribution in [2.75, 3.05) is 11.9 Å². The first kappa shape index (κ1) is 14.6. The predicted molar refractivity (Wildman–Crippen MR) is 86.2 cm³/mol. The monoisotopic (exact) mass is 339 g/mol. The maximum Gasteiger partial charge on any atom is 0.0765 e. The first-order chi connectivity index (χ1) is 9.86. The second-order valence-corrected chi connectivity index (χ2v) is 7.00.